The van der Waals surface area contributed by atoms with Crippen LogP contribution in [0, 0.1) is 0 Å². The molecule has 0 amide bonds. The molecule has 0 bridgehead atoms. The lowest BCUT2D eigenvalue weighted by atomic mass is 10.3. The van der Waals surface area contributed by atoms with Gasteiger partial charge in [-0.25, -0.2) is 18.1 Å². The number of nitrogens with zero attached hydrogens (tertiary/aromatic N) is 1. The molecule has 0 radical (unpaired) electrons. The van der Waals surface area contributed by atoms with E-state index in [4.69, 9.17) is 11.6 Å². The second-order valence-electron chi connectivity index (χ2n) is 3.44. The Kier molecular flexibility index (Phi) is 5.79. The zero-order valence-electron chi connectivity index (χ0n) is 8.95. The largest absolute Gasteiger partial charge is 0.348 e. The van der Waals surface area contributed by atoms with Crippen LogP contribution in [-0.4, -0.2) is 36.6 Å². The lowest BCUT2D eigenvalue weighted by Crippen LogP contribution is -2.28. The Morgan fingerprint density at radius 1 is 1.44 bits per heavy atom. The van der Waals surface area contributed by atoms with Gasteiger partial charge in [0.25, 0.3) is 0 Å². The number of imidazole rings is 1. The summed E-state index contributed by atoms with van der Waals surface area (Å²) in [6.07, 6.45) is 5.20. The van der Waals surface area contributed by atoms with Crippen molar-refractivity contribution in [3.8, 4) is 0 Å². The van der Waals surface area contributed by atoms with Crippen molar-refractivity contribution in [1.29, 1.82) is 0 Å². The molecule has 2 N–H and O–H groups in total. The normalized spacial score (nSPS) is 11.8. The first-order chi connectivity index (χ1) is 7.64. The highest BCUT2D eigenvalue weighted by atomic mass is 35.5. The summed E-state index contributed by atoms with van der Waals surface area (Å²) in [6, 6.07) is 0. The second kappa shape index (κ2) is 6.88. The molecule has 0 spiro atoms. The van der Waals surface area contributed by atoms with Crippen LogP contribution in [0.25, 0.3) is 0 Å². The van der Waals surface area contributed by atoms with Crippen LogP contribution in [0.3, 0.4) is 0 Å². The molecule has 1 aromatic heterocycles. The maximum atomic E-state index is 11.5. The van der Waals surface area contributed by atoms with Crippen LogP contribution >= 0.6 is 11.6 Å². The minimum absolute atomic E-state index is 0.142. The van der Waals surface area contributed by atoms with E-state index < -0.39 is 10.0 Å². The van der Waals surface area contributed by atoms with E-state index in [1.807, 2.05) is 0 Å². The molecule has 0 saturated carbocycles. The van der Waals surface area contributed by atoms with Crippen molar-refractivity contribution in [2.45, 2.75) is 19.3 Å². The minimum Gasteiger partial charge on any atom is -0.348 e. The first-order valence-electron chi connectivity index (χ1n) is 5.14. The Bertz CT molecular complexity index is 377. The average Bonchev–Trinajstić information content (AvgIpc) is 2.70. The summed E-state index contributed by atoms with van der Waals surface area (Å²) in [7, 11) is -3.15. The molecule has 0 aliphatic rings. The molecule has 1 rings (SSSR count). The summed E-state index contributed by atoms with van der Waals surface area (Å²) >= 11 is 5.48. The summed E-state index contributed by atoms with van der Waals surface area (Å²) in [4.78, 5) is 6.76. The minimum atomic E-state index is -3.15. The van der Waals surface area contributed by atoms with Crippen molar-refractivity contribution in [2.75, 3.05) is 18.2 Å². The predicted molar refractivity (Wildman–Crippen MR) is 64.0 cm³/mol. The van der Waals surface area contributed by atoms with E-state index in [9.17, 15) is 8.42 Å². The average molecular weight is 266 g/mol. The van der Waals surface area contributed by atoms with Gasteiger partial charge in [-0.3, -0.25) is 0 Å². The van der Waals surface area contributed by atoms with Gasteiger partial charge in [-0.2, -0.15) is 0 Å². The van der Waals surface area contributed by atoms with E-state index >= 15 is 0 Å². The fraction of sp³-hybridized carbons (Fsp3) is 0.667. The van der Waals surface area contributed by atoms with Gasteiger partial charge < -0.3 is 4.98 Å². The number of hydrogen-bond acceptors (Lipinski definition) is 3. The third-order valence-electron chi connectivity index (χ3n) is 2.07. The van der Waals surface area contributed by atoms with E-state index in [-0.39, 0.29) is 5.75 Å². The molecular weight excluding hydrogens is 250 g/mol. The van der Waals surface area contributed by atoms with Crippen LogP contribution in [0.5, 0.6) is 0 Å². The van der Waals surface area contributed by atoms with E-state index in [0.29, 0.717) is 25.3 Å². The van der Waals surface area contributed by atoms with Crippen LogP contribution in [0.1, 0.15) is 18.5 Å². The molecule has 0 aromatic carbocycles. The standard InChI is InChI=1S/C9H16ClN3O2S/c10-4-1-2-6-16(14,15)13-5-3-9-7-11-8-12-9/h7-8,13H,1-6H2,(H,11,12). The van der Waals surface area contributed by atoms with E-state index in [1.54, 1.807) is 12.5 Å². The Morgan fingerprint density at radius 2 is 2.25 bits per heavy atom. The van der Waals surface area contributed by atoms with Gasteiger partial charge in [0.15, 0.2) is 0 Å². The summed E-state index contributed by atoms with van der Waals surface area (Å²) in [6.45, 7) is 0.394. The van der Waals surface area contributed by atoms with Gasteiger partial charge in [0, 0.05) is 30.7 Å². The predicted octanol–water partition coefficient (Wildman–Crippen LogP) is 0.891. The SMILES string of the molecule is O=S(=O)(CCCCCl)NCCc1cnc[nH]1. The van der Waals surface area contributed by atoms with Gasteiger partial charge in [-0.1, -0.05) is 0 Å². The molecule has 0 atom stereocenters. The highest BCUT2D eigenvalue weighted by Crippen LogP contribution is 1.97. The third-order valence-corrected chi connectivity index (χ3v) is 3.81. The Morgan fingerprint density at radius 3 is 2.88 bits per heavy atom. The molecule has 0 fully saturated rings. The number of hydrogen-bond donors (Lipinski definition) is 2. The van der Waals surface area contributed by atoms with Crippen LogP contribution in [0.15, 0.2) is 12.5 Å². The van der Waals surface area contributed by atoms with Gasteiger partial charge in [0.05, 0.1) is 12.1 Å². The lowest BCUT2D eigenvalue weighted by molar-refractivity contribution is 0.578. The van der Waals surface area contributed by atoms with E-state index in [2.05, 4.69) is 14.7 Å². The number of rotatable bonds is 8. The summed E-state index contributed by atoms with van der Waals surface area (Å²) in [5.41, 5.74) is 0.920. The van der Waals surface area contributed by atoms with E-state index in [0.717, 1.165) is 12.1 Å². The van der Waals surface area contributed by atoms with Crippen LogP contribution < -0.4 is 4.72 Å². The Labute approximate surface area is 101 Å². The zero-order valence-corrected chi connectivity index (χ0v) is 10.5. The third kappa shape index (κ3) is 5.48. The van der Waals surface area contributed by atoms with Gasteiger partial charge in [0.1, 0.15) is 0 Å². The first-order valence-corrected chi connectivity index (χ1v) is 7.33. The highest BCUT2D eigenvalue weighted by molar-refractivity contribution is 7.89. The molecule has 7 heteroatoms. The summed E-state index contributed by atoms with van der Waals surface area (Å²) < 4.78 is 25.4. The van der Waals surface area contributed by atoms with Crippen molar-refractivity contribution >= 4 is 21.6 Å². The molecule has 16 heavy (non-hydrogen) atoms. The number of alkyl halides is 1. The van der Waals surface area contributed by atoms with Gasteiger partial charge in [-0.15, -0.1) is 11.6 Å². The number of halogens is 1. The fourth-order valence-corrected chi connectivity index (χ4v) is 2.55. The molecule has 0 aliphatic heterocycles. The summed E-state index contributed by atoms with van der Waals surface area (Å²) in [5, 5.41) is 0. The van der Waals surface area contributed by atoms with Crippen molar-refractivity contribution in [3.05, 3.63) is 18.2 Å². The maximum Gasteiger partial charge on any atom is 0.211 e. The number of sulfonamides is 1. The molecule has 1 heterocycles. The fourth-order valence-electron chi connectivity index (χ4n) is 1.22. The quantitative estimate of drug-likeness (QED) is 0.542. The lowest BCUT2D eigenvalue weighted by Gasteiger charge is -2.05. The van der Waals surface area contributed by atoms with Crippen molar-refractivity contribution in [1.82, 2.24) is 14.7 Å². The Balaban J connectivity index is 2.20. The van der Waals surface area contributed by atoms with Gasteiger partial charge in [0.2, 0.25) is 10.0 Å². The topological polar surface area (TPSA) is 74.8 Å². The van der Waals surface area contributed by atoms with Crippen molar-refractivity contribution < 1.29 is 8.42 Å². The van der Waals surface area contributed by atoms with Crippen molar-refractivity contribution in [2.24, 2.45) is 0 Å². The van der Waals surface area contributed by atoms with E-state index in [1.165, 1.54) is 0 Å². The smallest absolute Gasteiger partial charge is 0.211 e. The molecule has 92 valence electrons. The second-order valence-corrected chi connectivity index (χ2v) is 5.74. The van der Waals surface area contributed by atoms with Crippen LogP contribution in [-0.2, 0) is 16.4 Å². The van der Waals surface area contributed by atoms with Gasteiger partial charge in [-0.05, 0) is 12.8 Å². The first kappa shape index (κ1) is 13.5. The molecule has 0 saturated heterocycles. The maximum absolute atomic E-state index is 11.5. The molecular formula is C9H16ClN3O2S. The number of aromatic nitrogens is 2. The number of H-pyrrole nitrogens is 1. The van der Waals surface area contributed by atoms with Gasteiger partial charge >= 0.3 is 0 Å². The number of unbranched alkanes of at least 4 members (excludes halogenated alkanes) is 1. The zero-order chi connectivity index (χ0) is 11.9. The molecule has 0 aliphatic carbocycles. The number of nitrogens with one attached hydrogen (secondary N) is 2. The van der Waals surface area contributed by atoms with Crippen LogP contribution in [0.2, 0.25) is 0 Å². The molecule has 1 aromatic rings. The molecule has 5 nitrogen and oxygen atoms in total. The molecule has 0 unspecified atom stereocenters. The Hall–Kier alpha value is -0.590. The van der Waals surface area contributed by atoms with Crippen molar-refractivity contribution in [3.63, 3.8) is 0 Å². The summed E-state index contributed by atoms with van der Waals surface area (Å²) in [5.74, 6) is 0.645. The monoisotopic (exact) mass is 265 g/mol. The highest BCUT2D eigenvalue weighted by Gasteiger charge is 2.08. The number of aromatic amines is 1. The van der Waals surface area contributed by atoms with Crippen LogP contribution in [0.4, 0.5) is 0 Å².